The SMILES string of the molecule is Cc1ccccc1-c1nnc(S[C@@H](C)C(=O)c2ccc(NC(=O)C(C)C)cc2)n1C. The number of carbonyl (C=O) groups is 2. The zero-order chi connectivity index (χ0) is 21.8. The third-order valence-corrected chi connectivity index (χ3v) is 5.97. The third kappa shape index (κ3) is 4.79. The summed E-state index contributed by atoms with van der Waals surface area (Å²) in [6.07, 6.45) is 0. The second-order valence-electron chi connectivity index (χ2n) is 7.53. The van der Waals surface area contributed by atoms with Crippen LogP contribution in [0.1, 0.15) is 36.7 Å². The number of nitrogens with zero attached hydrogens (tertiary/aromatic N) is 3. The topological polar surface area (TPSA) is 76.9 Å². The first-order chi connectivity index (χ1) is 14.3. The molecule has 0 spiro atoms. The Balaban J connectivity index is 1.71. The second-order valence-corrected chi connectivity index (χ2v) is 8.83. The average Bonchev–Trinajstić information content (AvgIpc) is 3.08. The molecule has 3 aromatic rings. The van der Waals surface area contributed by atoms with Gasteiger partial charge in [-0.25, -0.2) is 0 Å². The van der Waals surface area contributed by atoms with Crippen molar-refractivity contribution in [3.63, 3.8) is 0 Å². The van der Waals surface area contributed by atoms with Gasteiger partial charge in [0.25, 0.3) is 0 Å². The first kappa shape index (κ1) is 21.8. The van der Waals surface area contributed by atoms with Gasteiger partial charge in [-0.1, -0.05) is 49.9 Å². The van der Waals surface area contributed by atoms with Gasteiger partial charge in [0.15, 0.2) is 16.8 Å². The van der Waals surface area contributed by atoms with Crippen molar-refractivity contribution >= 4 is 29.1 Å². The van der Waals surface area contributed by atoms with E-state index in [9.17, 15) is 9.59 Å². The van der Waals surface area contributed by atoms with Crippen molar-refractivity contribution in [1.82, 2.24) is 14.8 Å². The van der Waals surface area contributed by atoms with E-state index in [0.29, 0.717) is 16.4 Å². The molecule has 3 rings (SSSR count). The van der Waals surface area contributed by atoms with Crippen LogP contribution in [0.5, 0.6) is 0 Å². The molecule has 2 aromatic carbocycles. The zero-order valence-electron chi connectivity index (χ0n) is 17.8. The molecule has 0 aliphatic rings. The molecule has 0 aliphatic carbocycles. The van der Waals surface area contributed by atoms with Crippen LogP contribution in [0.25, 0.3) is 11.4 Å². The van der Waals surface area contributed by atoms with Gasteiger partial charge in [0, 0.05) is 29.8 Å². The molecule has 0 aliphatic heterocycles. The van der Waals surface area contributed by atoms with Crippen molar-refractivity contribution in [2.45, 2.75) is 38.1 Å². The van der Waals surface area contributed by atoms with E-state index < -0.39 is 0 Å². The molecule has 7 heteroatoms. The maximum Gasteiger partial charge on any atom is 0.226 e. The Morgan fingerprint density at radius 2 is 1.67 bits per heavy atom. The van der Waals surface area contributed by atoms with Crippen molar-refractivity contribution in [3.8, 4) is 11.4 Å². The number of hydrogen-bond donors (Lipinski definition) is 1. The number of nitrogens with one attached hydrogen (secondary N) is 1. The lowest BCUT2D eigenvalue weighted by Gasteiger charge is -2.12. The van der Waals surface area contributed by atoms with Crippen LogP contribution in [-0.4, -0.2) is 31.7 Å². The summed E-state index contributed by atoms with van der Waals surface area (Å²) in [5.74, 6) is 0.631. The van der Waals surface area contributed by atoms with Gasteiger partial charge in [-0.3, -0.25) is 9.59 Å². The van der Waals surface area contributed by atoms with Gasteiger partial charge >= 0.3 is 0 Å². The number of rotatable bonds is 7. The Kier molecular flexibility index (Phi) is 6.72. The average molecular weight is 423 g/mol. The molecule has 1 atom stereocenters. The van der Waals surface area contributed by atoms with Crippen molar-refractivity contribution in [3.05, 3.63) is 59.7 Å². The predicted molar refractivity (Wildman–Crippen MR) is 121 cm³/mol. The Bertz CT molecular complexity index is 1060. The number of benzene rings is 2. The molecular formula is C23H26N4O2S. The van der Waals surface area contributed by atoms with E-state index in [2.05, 4.69) is 15.5 Å². The molecule has 156 valence electrons. The summed E-state index contributed by atoms with van der Waals surface area (Å²) >= 11 is 1.38. The highest BCUT2D eigenvalue weighted by atomic mass is 32.2. The van der Waals surface area contributed by atoms with Crippen LogP contribution in [0.2, 0.25) is 0 Å². The largest absolute Gasteiger partial charge is 0.326 e. The van der Waals surface area contributed by atoms with Crippen molar-refractivity contribution in [2.75, 3.05) is 5.32 Å². The van der Waals surface area contributed by atoms with E-state index in [4.69, 9.17) is 0 Å². The standard InChI is InChI=1S/C23H26N4O2S/c1-14(2)22(29)24-18-12-10-17(11-13-18)20(28)16(4)30-23-26-25-21(27(23)5)19-9-7-6-8-15(19)3/h6-14,16H,1-5H3,(H,24,29)/t16-/m0/s1. The number of carbonyl (C=O) groups excluding carboxylic acids is 2. The van der Waals surface area contributed by atoms with Crippen LogP contribution in [0, 0.1) is 12.8 Å². The summed E-state index contributed by atoms with van der Waals surface area (Å²) in [6.45, 7) is 7.58. The Hall–Kier alpha value is -2.93. The molecule has 0 fully saturated rings. The van der Waals surface area contributed by atoms with Crippen LogP contribution in [-0.2, 0) is 11.8 Å². The van der Waals surface area contributed by atoms with Crippen LogP contribution in [0.15, 0.2) is 53.7 Å². The minimum atomic E-state index is -0.325. The number of Topliss-reactive ketones (excluding diaryl/α,β-unsaturated/α-hetero) is 1. The highest BCUT2D eigenvalue weighted by Gasteiger charge is 2.21. The molecular weight excluding hydrogens is 396 g/mol. The van der Waals surface area contributed by atoms with Crippen molar-refractivity contribution < 1.29 is 9.59 Å². The number of hydrogen-bond acceptors (Lipinski definition) is 5. The van der Waals surface area contributed by atoms with Gasteiger partial charge in [-0.05, 0) is 43.7 Å². The first-order valence-electron chi connectivity index (χ1n) is 9.85. The van der Waals surface area contributed by atoms with E-state index in [-0.39, 0.29) is 22.9 Å². The molecule has 1 heterocycles. The normalized spacial score (nSPS) is 12.1. The van der Waals surface area contributed by atoms with Gasteiger partial charge in [0.05, 0.1) is 5.25 Å². The number of aryl methyl sites for hydroxylation is 1. The summed E-state index contributed by atoms with van der Waals surface area (Å²) in [5, 5.41) is 11.8. The van der Waals surface area contributed by atoms with Crippen LogP contribution in [0.4, 0.5) is 5.69 Å². The fourth-order valence-corrected chi connectivity index (χ4v) is 3.82. The van der Waals surface area contributed by atoms with Gasteiger partial charge < -0.3 is 9.88 Å². The minimum absolute atomic E-state index is 0.00202. The van der Waals surface area contributed by atoms with E-state index >= 15 is 0 Å². The van der Waals surface area contributed by atoms with Crippen LogP contribution >= 0.6 is 11.8 Å². The summed E-state index contributed by atoms with van der Waals surface area (Å²) in [7, 11) is 1.91. The lowest BCUT2D eigenvalue weighted by atomic mass is 10.1. The number of ketones is 1. The number of amides is 1. The monoisotopic (exact) mass is 422 g/mol. The van der Waals surface area contributed by atoms with Crippen molar-refractivity contribution in [1.29, 1.82) is 0 Å². The molecule has 1 aromatic heterocycles. The molecule has 0 radical (unpaired) electrons. The molecule has 1 amide bonds. The van der Waals surface area contributed by atoms with E-state index in [1.165, 1.54) is 11.8 Å². The predicted octanol–water partition coefficient (Wildman–Crippen LogP) is 4.75. The van der Waals surface area contributed by atoms with Gasteiger partial charge in [-0.2, -0.15) is 0 Å². The van der Waals surface area contributed by atoms with Gasteiger partial charge in [0.1, 0.15) is 0 Å². The highest BCUT2D eigenvalue weighted by Crippen LogP contribution is 2.28. The fourth-order valence-electron chi connectivity index (χ4n) is 2.93. The second kappa shape index (κ2) is 9.26. The number of anilines is 1. The van der Waals surface area contributed by atoms with Crippen LogP contribution in [0.3, 0.4) is 0 Å². The summed E-state index contributed by atoms with van der Waals surface area (Å²) in [4.78, 5) is 24.7. The molecule has 0 bridgehead atoms. The van der Waals surface area contributed by atoms with Gasteiger partial charge in [-0.15, -0.1) is 10.2 Å². The maximum absolute atomic E-state index is 12.9. The third-order valence-electron chi connectivity index (χ3n) is 4.83. The van der Waals surface area contributed by atoms with E-state index in [0.717, 1.165) is 17.0 Å². The molecule has 0 saturated heterocycles. The Morgan fingerprint density at radius 1 is 1.00 bits per heavy atom. The lowest BCUT2D eigenvalue weighted by molar-refractivity contribution is -0.118. The summed E-state index contributed by atoms with van der Waals surface area (Å²) in [6, 6.07) is 15.0. The Morgan fingerprint density at radius 3 is 2.30 bits per heavy atom. The Labute approximate surface area is 181 Å². The maximum atomic E-state index is 12.9. The summed E-state index contributed by atoms with van der Waals surface area (Å²) < 4.78 is 1.92. The molecule has 30 heavy (non-hydrogen) atoms. The number of thioether (sulfide) groups is 1. The lowest BCUT2D eigenvalue weighted by Crippen LogP contribution is -2.18. The fraction of sp³-hybridized carbons (Fsp3) is 0.304. The zero-order valence-corrected chi connectivity index (χ0v) is 18.7. The van der Waals surface area contributed by atoms with E-state index in [1.807, 2.05) is 63.6 Å². The highest BCUT2D eigenvalue weighted by molar-refractivity contribution is 8.00. The minimum Gasteiger partial charge on any atom is -0.326 e. The quantitative estimate of drug-likeness (QED) is 0.439. The smallest absolute Gasteiger partial charge is 0.226 e. The summed E-state index contributed by atoms with van der Waals surface area (Å²) in [5.41, 5.74) is 3.43. The molecule has 0 saturated carbocycles. The van der Waals surface area contributed by atoms with E-state index in [1.54, 1.807) is 24.3 Å². The molecule has 6 nitrogen and oxygen atoms in total. The van der Waals surface area contributed by atoms with Crippen LogP contribution < -0.4 is 5.32 Å². The van der Waals surface area contributed by atoms with Crippen molar-refractivity contribution in [2.24, 2.45) is 13.0 Å². The number of aromatic nitrogens is 3. The first-order valence-corrected chi connectivity index (χ1v) is 10.7. The molecule has 1 N–H and O–H groups in total. The molecule has 0 unspecified atom stereocenters. The van der Waals surface area contributed by atoms with Gasteiger partial charge in [0.2, 0.25) is 5.91 Å².